The Hall–Kier alpha value is -1.52. The van der Waals surface area contributed by atoms with Crippen LogP contribution >= 0.6 is 0 Å². The SMILES string of the molecule is CCCCC[C@H]1CC[C@H]([C@H]2CC[C@H](C(=O)Oc3ccc(F)c(F)c3F)CC2)CC1. The summed E-state index contributed by atoms with van der Waals surface area (Å²) in [6.45, 7) is 2.25. The molecule has 0 unspecified atom stereocenters. The maximum atomic E-state index is 13.7. The molecular weight excluding hydrogens is 377 g/mol. The molecule has 0 bridgehead atoms. The third-order valence-electron chi connectivity index (χ3n) is 7.09. The monoisotopic (exact) mass is 410 g/mol. The molecule has 2 nitrogen and oxygen atoms in total. The van der Waals surface area contributed by atoms with Gasteiger partial charge in [-0.15, -0.1) is 0 Å². The second-order valence-electron chi connectivity index (χ2n) is 8.98. The quantitative estimate of drug-likeness (QED) is 0.206. The number of benzene rings is 1. The molecule has 0 spiro atoms. The van der Waals surface area contributed by atoms with E-state index in [0.29, 0.717) is 5.92 Å². The van der Waals surface area contributed by atoms with Crippen molar-refractivity contribution < 1.29 is 22.7 Å². The van der Waals surface area contributed by atoms with Crippen LogP contribution in [-0.2, 0) is 4.79 Å². The van der Waals surface area contributed by atoms with Crippen LogP contribution in [0.25, 0.3) is 0 Å². The Labute approximate surface area is 172 Å². The number of esters is 1. The maximum Gasteiger partial charge on any atom is 0.314 e. The summed E-state index contributed by atoms with van der Waals surface area (Å²) in [4.78, 5) is 12.4. The molecule has 29 heavy (non-hydrogen) atoms. The van der Waals surface area contributed by atoms with E-state index in [1.807, 2.05) is 0 Å². The van der Waals surface area contributed by atoms with Gasteiger partial charge in [0.05, 0.1) is 5.92 Å². The van der Waals surface area contributed by atoms with Crippen LogP contribution in [-0.4, -0.2) is 5.97 Å². The number of carbonyl (C=O) groups is 1. The summed E-state index contributed by atoms with van der Waals surface area (Å²) in [6.07, 6.45) is 14.1. The number of rotatable bonds is 7. The fourth-order valence-electron chi connectivity index (χ4n) is 5.24. The van der Waals surface area contributed by atoms with Crippen molar-refractivity contribution in [1.82, 2.24) is 0 Å². The van der Waals surface area contributed by atoms with E-state index >= 15 is 0 Å². The zero-order valence-electron chi connectivity index (χ0n) is 17.4. The highest BCUT2D eigenvalue weighted by atomic mass is 19.2. The molecule has 0 N–H and O–H groups in total. The van der Waals surface area contributed by atoms with Gasteiger partial charge < -0.3 is 4.74 Å². The standard InChI is InChI=1S/C24H33F3O2/c1-2-3-4-5-16-6-8-17(9-7-16)18-10-12-19(13-11-18)24(28)29-21-15-14-20(25)22(26)23(21)27/h14-19H,2-13H2,1H3/t16-,17-,18-,19-. The molecule has 162 valence electrons. The predicted molar refractivity (Wildman–Crippen MR) is 107 cm³/mol. The van der Waals surface area contributed by atoms with E-state index in [9.17, 15) is 18.0 Å². The van der Waals surface area contributed by atoms with Crippen LogP contribution in [0.4, 0.5) is 13.2 Å². The highest BCUT2D eigenvalue weighted by Gasteiger charge is 2.34. The summed E-state index contributed by atoms with van der Waals surface area (Å²) >= 11 is 0. The van der Waals surface area contributed by atoms with Crippen molar-refractivity contribution in [2.24, 2.45) is 23.7 Å². The highest BCUT2D eigenvalue weighted by molar-refractivity contribution is 5.75. The van der Waals surface area contributed by atoms with Crippen LogP contribution < -0.4 is 4.74 Å². The average molecular weight is 411 g/mol. The van der Waals surface area contributed by atoms with Crippen molar-refractivity contribution in [2.75, 3.05) is 0 Å². The molecule has 1 aromatic carbocycles. The minimum Gasteiger partial charge on any atom is -0.423 e. The van der Waals surface area contributed by atoms with Gasteiger partial charge in [0.2, 0.25) is 5.82 Å². The van der Waals surface area contributed by atoms with Crippen molar-refractivity contribution in [2.45, 2.75) is 84.0 Å². The number of halogens is 3. The number of hydrogen-bond donors (Lipinski definition) is 0. The van der Waals surface area contributed by atoms with Crippen LogP contribution in [0.5, 0.6) is 5.75 Å². The van der Waals surface area contributed by atoms with Gasteiger partial charge >= 0.3 is 5.97 Å². The Kier molecular flexibility index (Phi) is 8.02. The van der Waals surface area contributed by atoms with Gasteiger partial charge in [-0.05, 0) is 68.4 Å². The third-order valence-corrected chi connectivity index (χ3v) is 7.09. The molecule has 0 heterocycles. The van der Waals surface area contributed by atoms with Gasteiger partial charge in [-0.1, -0.05) is 45.4 Å². The molecule has 0 amide bonds. The van der Waals surface area contributed by atoms with Crippen LogP contribution in [0.1, 0.15) is 84.0 Å². The van der Waals surface area contributed by atoms with Crippen molar-refractivity contribution in [3.05, 3.63) is 29.6 Å². The van der Waals surface area contributed by atoms with E-state index in [1.54, 1.807) is 0 Å². The normalized spacial score (nSPS) is 27.6. The zero-order valence-corrected chi connectivity index (χ0v) is 17.4. The first-order valence-corrected chi connectivity index (χ1v) is 11.3. The van der Waals surface area contributed by atoms with Crippen LogP contribution in [0.15, 0.2) is 12.1 Å². The van der Waals surface area contributed by atoms with Gasteiger partial charge in [0.1, 0.15) is 0 Å². The molecule has 0 aliphatic heterocycles. The summed E-state index contributed by atoms with van der Waals surface area (Å²) in [5.41, 5.74) is 0. The van der Waals surface area contributed by atoms with Crippen LogP contribution in [0.3, 0.4) is 0 Å². The topological polar surface area (TPSA) is 26.3 Å². The molecule has 3 rings (SSSR count). The Balaban J connectivity index is 1.42. The average Bonchev–Trinajstić information content (AvgIpc) is 2.75. The van der Waals surface area contributed by atoms with E-state index in [0.717, 1.165) is 49.7 Å². The summed E-state index contributed by atoms with van der Waals surface area (Å²) in [5.74, 6) is -3.37. The summed E-state index contributed by atoms with van der Waals surface area (Å²) in [5, 5.41) is 0. The molecule has 0 saturated heterocycles. The molecule has 2 fully saturated rings. The van der Waals surface area contributed by atoms with Gasteiger partial charge in [-0.25, -0.2) is 8.78 Å². The first-order valence-electron chi connectivity index (χ1n) is 11.3. The lowest BCUT2D eigenvalue weighted by atomic mass is 9.68. The fraction of sp³-hybridized carbons (Fsp3) is 0.708. The zero-order chi connectivity index (χ0) is 20.8. The Morgan fingerprint density at radius 3 is 2.14 bits per heavy atom. The third kappa shape index (κ3) is 5.76. The van der Waals surface area contributed by atoms with Crippen LogP contribution in [0, 0.1) is 41.1 Å². The van der Waals surface area contributed by atoms with E-state index in [2.05, 4.69) is 6.92 Å². The Morgan fingerprint density at radius 1 is 0.897 bits per heavy atom. The van der Waals surface area contributed by atoms with Crippen molar-refractivity contribution in [3.63, 3.8) is 0 Å². The summed E-state index contributed by atoms with van der Waals surface area (Å²) in [7, 11) is 0. The van der Waals surface area contributed by atoms with Gasteiger partial charge in [0, 0.05) is 0 Å². The van der Waals surface area contributed by atoms with Gasteiger partial charge in [0.15, 0.2) is 17.4 Å². The highest BCUT2D eigenvalue weighted by Crippen LogP contribution is 2.42. The molecule has 1 aromatic rings. The predicted octanol–water partition coefficient (Wildman–Crippen LogP) is 7.20. The number of hydrogen-bond acceptors (Lipinski definition) is 2. The number of carbonyl (C=O) groups excluding carboxylic acids is 1. The fourth-order valence-corrected chi connectivity index (χ4v) is 5.24. The first kappa shape index (κ1) is 22.2. The molecule has 5 heteroatoms. The van der Waals surface area contributed by atoms with E-state index in [4.69, 9.17) is 4.74 Å². The lowest BCUT2D eigenvalue weighted by Crippen LogP contribution is -2.30. The molecule has 2 aliphatic carbocycles. The molecule has 0 radical (unpaired) electrons. The molecule has 2 saturated carbocycles. The maximum absolute atomic E-state index is 13.7. The minimum absolute atomic E-state index is 0.288. The second kappa shape index (κ2) is 10.5. The minimum atomic E-state index is -1.61. The number of ether oxygens (including phenoxy) is 1. The van der Waals surface area contributed by atoms with E-state index in [-0.39, 0.29) is 5.92 Å². The molecule has 0 aromatic heterocycles. The van der Waals surface area contributed by atoms with E-state index < -0.39 is 29.2 Å². The molecular formula is C24H33F3O2. The first-order chi connectivity index (χ1) is 14.0. The lowest BCUT2D eigenvalue weighted by Gasteiger charge is -2.37. The lowest BCUT2D eigenvalue weighted by molar-refractivity contribution is -0.140. The van der Waals surface area contributed by atoms with Gasteiger partial charge in [0.25, 0.3) is 0 Å². The van der Waals surface area contributed by atoms with Crippen molar-refractivity contribution in [1.29, 1.82) is 0 Å². The molecule has 0 atom stereocenters. The smallest absolute Gasteiger partial charge is 0.314 e. The van der Waals surface area contributed by atoms with Gasteiger partial charge in [-0.3, -0.25) is 4.79 Å². The van der Waals surface area contributed by atoms with Crippen molar-refractivity contribution in [3.8, 4) is 5.75 Å². The van der Waals surface area contributed by atoms with E-state index in [1.165, 1.54) is 51.4 Å². The summed E-state index contributed by atoms with van der Waals surface area (Å²) < 4.78 is 45.1. The second-order valence-corrected chi connectivity index (χ2v) is 8.98. The Morgan fingerprint density at radius 2 is 1.52 bits per heavy atom. The largest absolute Gasteiger partial charge is 0.423 e. The van der Waals surface area contributed by atoms with Crippen molar-refractivity contribution >= 4 is 5.97 Å². The number of unbranched alkanes of at least 4 members (excludes halogenated alkanes) is 2. The summed E-state index contributed by atoms with van der Waals surface area (Å²) in [6, 6.07) is 1.74. The van der Waals surface area contributed by atoms with Crippen LogP contribution in [0.2, 0.25) is 0 Å². The Bertz CT molecular complexity index is 675. The van der Waals surface area contributed by atoms with Gasteiger partial charge in [-0.2, -0.15) is 4.39 Å². The molecule has 2 aliphatic rings.